The lowest BCUT2D eigenvalue weighted by atomic mass is 10.2. The monoisotopic (exact) mass is 619 g/mol. The third kappa shape index (κ3) is 8.04. The Balaban J connectivity index is 0.000000101. The number of para-hydroxylation sites is 3. The van der Waals surface area contributed by atoms with Crippen LogP contribution in [0.4, 0.5) is 0 Å². The average molecular weight is 620 g/mol. The van der Waals surface area contributed by atoms with Gasteiger partial charge >= 0.3 is 0 Å². The number of nitrogens with one attached hydrogen (secondary N) is 2. The lowest BCUT2D eigenvalue weighted by molar-refractivity contribution is 0.616. The molecule has 46 heavy (non-hydrogen) atoms. The standard InChI is InChI=1S/C9H7N.C8H6O.C8H6S.C7H6N2.C5H4N4/c1-2-6-9-8(4-1)5-3-7-10-9;2*1-2-4-8-7(3-1)5-6-9-8;1-2-4-7-6(3-1)5-8-9-7;1-4-5(8-2-6-1)9-3-7-4/h1-7H;2*1-6H;1-5H,(H,8,9);1-3H,(H,6,7,8,9). The topological polar surface area (TPSA) is 109 Å². The van der Waals surface area contributed by atoms with Crippen LogP contribution in [0.5, 0.6) is 0 Å². The number of hydrogen-bond donors (Lipinski definition) is 2. The molecule has 6 heterocycles. The predicted molar refractivity (Wildman–Crippen MR) is 188 cm³/mol. The van der Waals surface area contributed by atoms with E-state index in [9.17, 15) is 0 Å². The Morgan fingerprint density at radius 2 is 1.35 bits per heavy atom. The smallest absolute Gasteiger partial charge is 0.180 e. The first-order valence-electron chi connectivity index (χ1n) is 14.4. The molecule has 0 amide bonds. The fraction of sp³-hybridized carbons (Fsp3) is 0. The van der Waals surface area contributed by atoms with E-state index in [1.54, 1.807) is 30.1 Å². The van der Waals surface area contributed by atoms with Crippen molar-refractivity contribution < 1.29 is 4.42 Å². The number of imidazole rings is 1. The van der Waals surface area contributed by atoms with Gasteiger partial charge in [-0.05, 0) is 53.2 Å². The number of aromatic nitrogens is 7. The van der Waals surface area contributed by atoms with E-state index in [0.29, 0.717) is 5.65 Å². The van der Waals surface area contributed by atoms with E-state index in [4.69, 9.17) is 4.42 Å². The zero-order valence-corrected chi connectivity index (χ0v) is 25.5. The molecule has 8 nitrogen and oxygen atoms in total. The van der Waals surface area contributed by atoms with E-state index < -0.39 is 0 Å². The maximum Gasteiger partial charge on any atom is 0.180 e. The second-order valence-corrected chi connectivity index (χ2v) is 10.7. The highest BCUT2D eigenvalue weighted by Gasteiger charge is 1.92. The van der Waals surface area contributed by atoms with E-state index in [2.05, 4.69) is 83.0 Å². The van der Waals surface area contributed by atoms with Gasteiger partial charge in [-0.1, -0.05) is 78.9 Å². The Labute approximate surface area is 268 Å². The van der Waals surface area contributed by atoms with Gasteiger partial charge in [0.2, 0.25) is 0 Å². The highest BCUT2D eigenvalue weighted by Crippen LogP contribution is 2.19. The molecule has 0 aliphatic rings. The number of rotatable bonds is 0. The molecule has 2 N–H and O–H groups in total. The van der Waals surface area contributed by atoms with Crippen molar-refractivity contribution in [1.29, 1.82) is 0 Å². The molecular weight excluding hydrogens is 591 g/mol. The molecular formula is C37H29N7OS. The van der Waals surface area contributed by atoms with Crippen molar-refractivity contribution in [2.24, 2.45) is 0 Å². The van der Waals surface area contributed by atoms with Crippen LogP contribution in [-0.2, 0) is 0 Å². The summed E-state index contributed by atoms with van der Waals surface area (Å²) in [6.45, 7) is 0. The average Bonchev–Trinajstić information content (AvgIpc) is 3.96. The van der Waals surface area contributed by atoms with Gasteiger partial charge in [-0.15, -0.1) is 11.3 Å². The van der Waals surface area contributed by atoms with Crippen LogP contribution in [0, 0.1) is 0 Å². The van der Waals surface area contributed by atoms with E-state index in [0.717, 1.165) is 32.9 Å². The van der Waals surface area contributed by atoms with Gasteiger partial charge in [0.1, 0.15) is 17.4 Å². The lowest BCUT2D eigenvalue weighted by Gasteiger charge is -1.91. The number of nitrogens with zero attached hydrogens (tertiary/aromatic N) is 5. The van der Waals surface area contributed by atoms with E-state index in [-0.39, 0.29) is 0 Å². The van der Waals surface area contributed by atoms with Crippen LogP contribution in [0.25, 0.3) is 54.0 Å². The first-order valence-corrected chi connectivity index (χ1v) is 15.3. The van der Waals surface area contributed by atoms with Crippen molar-refractivity contribution in [2.45, 2.75) is 0 Å². The van der Waals surface area contributed by atoms with Crippen molar-refractivity contribution in [1.82, 2.24) is 35.1 Å². The number of H-pyrrole nitrogens is 2. The highest BCUT2D eigenvalue weighted by molar-refractivity contribution is 7.17. The van der Waals surface area contributed by atoms with Crippen molar-refractivity contribution in [2.75, 3.05) is 0 Å². The second-order valence-electron chi connectivity index (χ2n) is 9.73. The highest BCUT2D eigenvalue weighted by atomic mass is 32.1. The number of aromatic amines is 2. The maximum atomic E-state index is 5.12. The Hall–Kier alpha value is -6.19. The number of thiophene rings is 1. The molecule has 10 aromatic rings. The van der Waals surface area contributed by atoms with Gasteiger partial charge in [-0.3, -0.25) is 10.1 Å². The molecule has 6 aromatic heterocycles. The molecule has 0 fully saturated rings. The van der Waals surface area contributed by atoms with Gasteiger partial charge in [0, 0.05) is 27.1 Å². The van der Waals surface area contributed by atoms with Gasteiger partial charge in [0.05, 0.1) is 36.0 Å². The van der Waals surface area contributed by atoms with Crippen LogP contribution < -0.4 is 0 Å². The normalized spacial score (nSPS) is 10.2. The third-order valence-electron chi connectivity index (χ3n) is 6.68. The summed E-state index contributed by atoms with van der Waals surface area (Å²) in [6.07, 6.45) is 10.1. The number of benzene rings is 4. The number of furan rings is 1. The van der Waals surface area contributed by atoms with Crippen LogP contribution in [0.1, 0.15) is 0 Å². The minimum atomic E-state index is 0.713. The minimum Gasteiger partial charge on any atom is -0.464 e. The predicted octanol–water partition coefficient (Wildman–Crippen LogP) is 9.48. The molecule has 0 radical (unpaired) electrons. The molecule has 0 saturated carbocycles. The van der Waals surface area contributed by atoms with Crippen molar-refractivity contribution in [3.05, 3.63) is 164 Å². The lowest BCUT2D eigenvalue weighted by Crippen LogP contribution is -1.76. The number of fused-ring (bicyclic) bond motifs is 5. The summed E-state index contributed by atoms with van der Waals surface area (Å²) in [5, 5.41) is 13.7. The molecule has 10 rings (SSSR count). The molecule has 0 aliphatic carbocycles. The zero-order valence-electron chi connectivity index (χ0n) is 24.6. The van der Waals surface area contributed by atoms with Gasteiger partial charge < -0.3 is 9.40 Å². The molecule has 0 aliphatic heterocycles. The quantitative estimate of drug-likeness (QED) is 0.175. The van der Waals surface area contributed by atoms with Crippen LogP contribution in [0.2, 0.25) is 0 Å². The summed E-state index contributed by atoms with van der Waals surface area (Å²) in [6, 6.07) is 40.5. The van der Waals surface area contributed by atoms with Crippen molar-refractivity contribution in [3.8, 4) is 0 Å². The summed E-state index contributed by atoms with van der Waals surface area (Å²) in [5.74, 6) is 0. The van der Waals surface area contributed by atoms with Crippen LogP contribution in [-0.4, -0.2) is 35.1 Å². The SMILES string of the molecule is c1ccc2[nH]ncc2c1.c1ccc2ncccc2c1.c1ccc2occc2c1.c1ccc2sccc2c1.c1ncc2[nH]cnc2n1. The molecule has 9 heteroatoms. The molecule has 0 bridgehead atoms. The number of hydrogen-bond acceptors (Lipinski definition) is 7. The molecule has 4 aromatic carbocycles. The Kier molecular flexibility index (Phi) is 10.1. The van der Waals surface area contributed by atoms with E-state index >= 15 is 0 Å². The Bertz CT molecular complexity index is 1920. The fourth-order valence-corrected chi connectivity index (χ4v) is 5.19. The van der Waals surface area contributed by atoms with Crippen LogP contribution >= 0.6 is 11.3 Å². The van der Waals surface area contributed by atoms with Crippen molar-refractivity contribution in [3.63, 3.8) is 0 Å². The maximum absolute atomic E-state index is 5.12. The second kappa shape index (κ2) is 15.5. The fourth-order valence-electron chi connectivity index (χ4n) is 4.40. The van der Waals surface area contributed by atoms with E-state index in [1.807, 2.05) is 91.3 Å². The Morgan fingerprint density at radius 3 is 2.17 bits per heavy atom. The van der Waals surface area contributed by atoms with Crippen molar-refractivity contribution >= 4 is 65.4 Å². The molecule has 0 atom stereocenters. The number of pyridine rings is 1. The Morgan fingerprint density at radius 1 is 0.587 bits per heavy atom. The summed E-state index contributed by atoms with van der Waals surface area (Å²) < 4.78 is 6.49. The molecule has 224 valence electrons. The molecule has 0 saturated heterocycles. The van der Waals surface area contributed by atoms with Gasteiger partial charge in [0.15, 0.2) is 5.65 Å². The largest absolute Gasteiger partial charge is 0.464 e. The first kappa shape index (κ1) is 29.9. The van der Waals surface area contributed by atoms with Gasteiger partial charge in [-0.25, -0.2) is 15.0 Å². The molecule has 0 spiro atoms. The minimum absolute atomic E-state index is 0.713. The summed E-state index contributed by atoms with van der Waals surface area (Å²) >= 11 is 1.79. The summed E-state index contributed by atoms with van der Waals surface area (Å²) in [4.78, 5) is 18.7. The summed E-state index contributed by atoms with van der Waals surface area (Å²) in [5.41, 5.74) is 4.70. The molecule has 0 unspecified atom stereocenters. The van der Waals surface area contributed by atoms with Gasteiger partial charge in [-0.2, -0.15) is 5.10 Å². The summed E-state index contributed by atoms with van der Waals surface area (Å²) in [7, 11) is 0. The van der Waals surface area contributed by atoms with Crippen LogP contribution in [0.3, 0.4) is 0 Å². The van der Waals surface area contributed by atoms with Gasteiger partial charge in [0.25, 0.3) is 0 Å². The van der Waals surface area contributed by atoms with Crippen LogP contribution in [0.15, 0.2) is 169 Å². The third-order valence-corrected chi connectivity index (χ3v) is 7.58. The first-order chi connectivity index (χ1) is 22.8. The van der Waals surface area contributed by atoms with E-state index in [1.165, 1.54) is 21.8 Å². The zero-order chi connectivity index (χ0) is 31.2.